The van der Waals surface area contributed by atoms with Crippen molar-refractivity contribution in [2.75, 3.05) is 63.9 Å². The lowest BCUT2D eigenvalue weighted by atomic mass is 10.2. The molecule has 0 saturated carbocycles. The van der Waals surface area contributed by atoms with E-state index in [0.29, 0.717) is 25.6 Å². The SMILES string of the molecule is CC(C)CN1CCOC(CNC(=O)N2CCN(c3ccccc3Cl)CC2)C1. The number of ether oxygens (including phenoxy) is 1. The molecule has 27 heavy (non-hydrogen) atoms. The molecule has 2 aliphatic rings. The van der Waals surface area contributed by atoms with Crippen molar-refractivity contribution in [1.82, 2.24) is 15.1 Å². The van der Waals surface area contributed by atoms with Gasteiger partial charge in [0, 0.05) is 52.4 Å². The second kappa shape index (κ2) is 9.62. The number of carbonyl (C=O) groups is 1. The van der Waals surface area contributed by atoms with E-state index in [2.05, 4.69) is 29.0 Å². The summed E-state index contributed by atoms with van der Waals surface area (Å²) in [7, 11) is 0. The van der Waals surface area contributed by atoms with E-state index >= 15 is 0 Å². The maximum atomic E-state index is 12.5. The van der Waals surface area contributed by atoms with Crippen LogP contribution in [0.15, 0.2) is 24.3 Å². The lowest BCUT2D eigenvalue weighted by Gasteiger charge is -2.37. The Morgan fingerprint density at radius 3 is 2.67 bits per heavy atom. The Morgan fingerprint density at radius 1 is 1.22 bits per heavy atom. The van der Waals surface area contributed by atoms with Crippen molar-refractivity contribution < 1.29 is 9.53 Å². The van der Waals surface area contributed by atoms with Gasteiger partial charge in [-0.05, 0) is 18.1 Å². The molecule has 1 aromatic rings. The van der Waals surface area contributed by atoms with E-state index in [1.54, 1.807) is 0 Å². The van der Waals surface area contributed by atoms with Gasteiger partial charge in [0.05, 0.1) is 23.4 Å². The highest BCUT2D eigenvalue weighted by atomic mass is 35.5. The van der Waals surface area contributed by atoms with Crippen LogP contribution in [0.4, 0.5) is 10.5 Å². The Hall–Kier alpha value is -1.50. The number of hydrogen-bond acceptors (Lipinski definition) is 4. The van der Waals surface area contributed by atoms with Gasteiger partial charge in [-0.15, -0.1) is 0 Å². The number of nitrogens with zero attached hydrogens (tertiary/aromatic N) is 3. The van der Waals surface area contributed by atoms with E-state index in [9.17, 15) is 4.79 Å². The minimum Gasteiger partial charge on any atom is -0.374 e. The summed E-state index contributed by atoms with van der Waals surface area (Å²) in [4.78, 5) is 19.0. The molecule has 0 bridgehead atoms. The Labute approximate surface area is 167 Å². The van der Waals surface area contributed by atoms with Crippen molar-refractivity contribution in [3.05, 3.63) is 29.3 Å². The van der Waals surface area contributed by atoms with E-state index in [1.807, 2.05) is 29.2 Å². The zero-order chi connectivity index (χ0) is 19.2. The highest BCUT2D eigenvalue weighted by Crippen LogP contribution is 2.26. The number of benzene rings is 1. The Kier molecular flexibility index (Phi) is 7.21. The molecule has 6 nitrogen and oxygen atoms in total. The summed E-state index contributed by atoms with van der Waals surface area (Å²) in [5.41, 5.74) is 1.04. The van der Waals surface area contributed by atoms with Crippen molar-refractivity contribution >= 4 is 23.3 Å². The first kappa shape index (κ1) is 20.2. The molecule has 1 atom stereocenters. The lowest BCUT2D eigenvalue weighted by molar-refractivity contribution is -0.0294. The predicted molar refractivity (Wildman–Crippen MR) is 110 cm³/mol. The van der Waals surface area contributed by atoms with Crippen LogP contribution >= 0.6 is 11.6 Å². The lowest BCUT2D eigenvalue weighted by Crippen LogP contribution is -2.54. The van der Waals surface area contributed by atoms with Gasteiger partial charge in [-0.1, -0.05) is 37.6 Å². The monoisotopic (exact) mass is 394 g/mol. The zero-order valence-corrected chi connectivity index (χ0v) is 17.1. The van der Waals surface area contributed by atoms with E-state index < -0.39 is 0 Å². The molecular formula is C20H31ClN4O2. The number of rotatable bonds is 5. The Morgan fingerprint density at radius 2 is 1.96 bits per heavy atom. The predicted octanol–water partition coefficient (Wildman–Crippen LogP) is 2.53. The van der Waals surface area contributed by atoms with E-state index in [-0.39, 0.29) is 12.1 Å². The number of carbonyl (C=O) groups excluding carboxylic acids is 1. The molecule has 1 aromatic carbocycles. The quantitative estimate of drug-likeness (QED) is 0.833. The van der Waals surface area contributed by atoms with Gasteiger partial charge in [0.15, 0.2) is 0 Å². The van der Waals surface area contributed by atoms with Crippen LogP contribution < -0.4 is 10.2 Å². The number of piperazine rings is 1. The molecular weight excluding hydrogens is 364 g/mol. The number of amides is 2. The number of anilines is 1. The summed E-state index contributed by atoms with van der Waals surface area (Å²) in [5, 5.41) is 3.81. The maximum absolute atomic E-state index is 12.5. The smallest absolute Gasteiger partial charge is 0.317 e. The Bertz CT molecular complexity index is 620. The number of halogens is 1. The largest absolute Gasteiger partial charge is 0.374 e. The van der Waals surface area contributed by atoms with E-state index in [1.165, 1.54) is 0 Å². The highest BCUT2D eigenvalue weighted by Gasteiger charge is 2.25. The molecule has 2 aliphatic heterocycles. The van der Waals surface area contributed by atoms with Crippen molar-refractivity contribution in [3.63, 3.8) is 0 Å². The van der Waals surface area contributed by atoms with Crippen LogP contribution in [0.5, 0.6) is 0 Å². The third-order valence-corrected chi connectivity index (χ3v) is 5.41. The van der Waals surface area contributed by atoms with Gasteiger partial charge < -0.3 is 19.9 Å². The normalized spacial score (nSPS) is 21.6. The molecule has 2 amide bonds. The molecule has 0 radical (unpaired) electrons. The van der Waals surface area contributed by atoms with Gasteiger partial charge in [0.1, 0.15) is 0 Å². The first-order chi connectivity index (χ1) is 13.0. The maximum Gasteiger partial charge on any atom is 0.317 e. The molecule has 0 aliphatic carbocycles. The summed E-state index contributed by atoms with van der Waals surface area (Å²) in [6.45, 7) is 11.7. The first-order valence-corrected chi connectivity index (χ1v) is 10.3. The number of morpholine rings is 1. The summed E-state index contributed by atoms with van der Waals surface area (Å²) >= 11 is 6.28. The average Bonchev–Trinajstić information content (AvgIpc) is 2.66. The number of urea groups is 1. The average molecular weight is 395 g/mol. The van der Waals surface area contributed by atoms with Crippen LogP contribution in [0, 0.1) is 5.92 Å². The fourth-order valence-corrected chi connectivity index (χ4v) is 4.01. The summed E-state index contributed by atoms with van der Waals surface area (Å²) in [6.07, 6.45) is 0.0749. The molecule has 0 spiro atoms. The van der Waals surface area contributed by atoms with Crippen molar-refractivity contribution in [2.45, 2.75) is 20.0 Å². The fourth-order valence-electron chi connectivity index (χ4n) is 3.76. The molecule has 0 aromatic heterocycles. The van der Waals surface area contributed by atoms with Crippen LogP contribution in [0.3, 0.4) is 0 Å². The topological polar surface area (TPSA) is 48.1 Å². The molecule has 2 heterocycles. The number of nitrogens with one attached hydrogen (secondary N) is 1. The van der Waals surface area contributed by atoms with Crippen LogP contribution in [-0.2, 0) is 4.74 Å². The van der Waals surface area contributed by atoms with E-state index in [0.717, 1.165) is 50.0 Å². The standard InChI is InChI=1S/C20H31ClN4O2/c1-16(2)14-23-11-12-27-17(15-23)13-22-20(26)25-9-7-24(8-10-25)19-6-4-3-5-18(19)21/h3-6,16-17H,7-15H2,1-2H3,(H,22,26). The van der Waals surface area contributed by atoms with Crippen LogP contribution in [0.1, 0.15) is 13.8 Å². The molecule has 7 heteroatoms. The second-order valence-corrected chi connectivity index (χ2v) is 8.16. The van der Waals surface area contributed by atoms with Gasteiger partial charge in [0.25, 0.3) is 0 Å². The molecule has 1 N–H and O–H groups in total. The van der Waals surface area contributed by atoms with Crippen molar-refractivity contribution in [2.24, 2.45) is 5.92 Å². The van der Waals surface area contributed by atoms with E-state index in [4.69, 9.17) is 16.3 Å². The summed E-state index contributed by atoms with van der Waals surface area (Å²) in [5.74, 6) is 0.646. The minimum atomic E-state index is -0.00149. The minimum absolute atomic E-state index is 0.00149. The first-order valence-electron chi connectivity index (χ1n) is 9.89. The van der Waals surface area contributed by atoms with Gasteiger partial charge >= 0.3 is 6.03 Å². The Balaban J connectivity index is 1.41. The molecule has 150 valence electrons. The second-order valence-electron chi connectivity index (χ2n) is 7.76. The van der Waals surface area contributed by atoms with Crippen LogP contribution in [-0.4, -0.2) is 80.9 Å². The molecule has 3 rings (SSSR count). The zero-order valence-electron chi connectivity index (χ0n) is 16.4. The summed E-state index contributed by atoms with van der Waals surface area (Å²) < 4.78 is 5.82. The highest BCUT2D eigenvalue weighted by molar-refractivity contribution is 6.33. The van der Waals surface area contributed by atoms with Crippen molar-refractivity contribution in [1.29, 1.82) is 0 Å². The molecule has 2 fully saturated rings. The van der Waals surface area contributed by atoms with Gasteiger partial charge in [-0.3, -0.25) is 4.90 Å². The fraction of sp³-hybridized carbons (Fsp3) is 0.650. The number of para-hydroxylation sites is 1. The van der Waals surface area contributed by atoms with Crippen LogP contribution in [0.25, 0.3) is 0 Å². The van der Waals surface area contributed by atoms with Gasteiger partial charge in [0.2, 0.25) is 0 Å². The van der Waals surface area contributed by atoms with Crippen LogP contribution in [0.2, 0.25) is 5.02 Å². The van der Waals surface area contributed by atoms with Gasteiger partial charge in [-0.25, -0.2) is 4.79 Å². The third kappa shape index (κ3) is 5.74. The molecule has 1 unspecified atom stereocenters. The third-order valence-electron chi connectivity index (χ3n) is 5.09. The molecule has 2 saturated heterocycles. The van der Waals surface area contributed by atoms with Gasteiger partial charge in [-0.2, -0.15) is 0 Å². The summed E-state index contributed by atoms with van der Waals surface area (Å²) in [6, 6.07) is 7.86. The van der Waals surface area contributed by atoms with Crippen molar-refractivity contribution in [3.8, 4) is 0 Å². The number of hydrogen-bond donors (Lipinski definition) is 1.